The topological polar surface area (TPSA) is 84.3 Å². The quantitative estimate of drug-likeness (QED) is 0.690. The van der Waals surface area contributed by atoms with Crippen LogP contribution in [0.1, 0.15) is 6.23 Å². The van der Waals surface area contributed by atoms with Crippen LogP contribution in [0.5, 0.6) is 0 Å². The van der Waals surface area contributed by atoms with Gasteiger partial charge in [-0.3, -0.25) is 14.3 Å². The maximum Gasteiger partial charge on any atom is 0.330 e. The smallest absolute Gasteiger partial charge is 0.330 e. The van der Waals surface area contributed by atoms with Gasteiger partial charge in [0, 0.05) is 24.1 Å². The Balaban J connectivity index is 2.26. The van der Waals surface area contributed by atoms with Crippen molar-refractivity contribution in [1.82, 2.24) is 9.55 Å². The highest BCUT2D eigenvalue weighted by atomic mass is 35.5. The first-order valence-corrected chi connectivity index (χ1v) is 5.34. The summed E-state index contributed by atoms with van der Waals surface area (Å²) in [6.07, 6.45) is 0.499. The van der Waals surface area contributed by atoms with Crippen molar-refractivity contribution in [2.45, 2.75) is 12.3 Å². The van der Waals surface area contributed by atoms with Crippen LogP contribution >= 0.6 is 11.6 Å². The molecule has 7 heteroatoms. The molecule has 2 rings (SSSR count). The van der Waals surface area contributed by atoms with Crippen LogP contribution < -0.4 is 11.2 Å². The van der Waals surface area contributed by atoms with Crippen LogP contribution in [-0.4, -0.2) is 33.2 Å². The Kier molecular flexibility index (Phi) is 3.13. The van der Waals surface area contributed by atoms with Gasteiger partial charge in [0.25, 0.3) is 5.56 Å². The molecule has 0 bridgehead atoms. The van der Waals surface area contributed by atoms with E-state index >= 15 is 0 Å². The maximum atomic E-state index is 11.5. The molecule has 88 valence electrons. The Labute approximate surface area is 95.4 Å². The normalized spacial score (nSPS) is 28.8. The minimum atomic E-state index is -0.538. The highest BCUT2D eigenvalue weighted by Gasteiger charge is 2.42. The molecule has 16 heavy (non-hydrogen) atoms. The lowest BCUT2D eigenvalue weighted by Gasteiger charge is -2.43. The highest BCUT2D eigenvalue weighted by molar-refractivity contribution is 6.18. The van der Waals surface area contributed by atoms with Gasteiger partial charge in [0.1, 0.15) is 6.23 Å². The van der Waals surface area contributed by atoms with E-state index in [1.807, 2.05) is 0 Å². The second-order valence-electron chi connectivity index (χ2n) is 3.58. The Hall–Kier alpha value is -1.11. The zero-order valence-corrected chi connectivity index (χ0v) is 9.05. The molecule has 1 aliphatic rings. The van der Waals surface area contributed by atoms with E-state index in [0.29, 0.717) is 0 Å². The van der Waals surface area contributed by atoms with E-state index in [1.165, 1.54) is 16.8 Å². The first kappa shape index (κ1) is 11.4. The standard InChI is InChI=1S/C9H11ClN2O4/c10-3-5-6(4-13)16-8(5)12-2-1-7(14)11-9(12)15/h1-2,5-6,8,13H,3-4H2,(H,11,14,15)/t5-,6-,8-/m1/s1. The van der Waals surface area contributed by atoms with Gasteiger partial charge in [0.2, 0.25) is 0 Å². The molecule has 2 heterocycles. The molecule has 0 spiro atoms. The molecule has 1 saturated heterocycles. The zero-order valence-electron chi connectivity index (χ0n) is 8.30. The van der Waals surface area contributed by atoms with Crippen molar-refractivity contribution in [3.05, 3.63) is 33.1 Å². The molecule has 1 fully saturated rings. The van der Waals surface area contributed by atoms with Gasteiger partial charge in [-0.05, 0) is 0 Å². The lowest BCUT2D eigenvalue weighted by atomic mass is 9.96. The minimum absolute atomic E-state index is 0.129. The van der Waals surface area contributed by atoms with E-state index in [9.17, 15) is 9.59 Å². The van der Waals surface area contributed by atoms with Gasteiger partial charge >= 0.3 is 5.69 Å². The molecule has 0 radical (unpaired) electrons. The summed E-state index contributed by atoms with van der Waals surface area (Å²) in [6, 6.07) is 1.24. The van der Waals surface area contributed by atoms with Crippen LogP contribution in [0, 0.1) is 5.92 Å². The molecule has 2 N–H and O–H groups in total. The lowest BCUT2D eigenvalue weighted by Crippen LogP contribution is -2.51. The molecule has 0 aliphatic carbocycles. The van der Waals surface area contributed by atoms with Gasteiger partial charge in [0.15, 0.2) is 0 Å². The van der Waals surface area contributed by atoms with Crippen molar-refractivity contribution >= 4 is 11.6 Å². The van der Waals surface area contributed by atoms with Gasteiger partial charge in [-0.25, -0.2) is 4.79 Å². The molecule has 0 unspecified atom stereocenters. The second kappa shape index (κ2) is 4.40. The van der Waals surface area contributed by atoms with E-state index in [4.69, 9.17) is 21.4 Å². The van der Waals surface area contributed by atoms with Crippen molar-refractivity contribution in [2.24, 2.45) is 5.92 Å². The van der Waals surface area contributed by atoms with E-state index in [2.05, 4.69) is 4.98 Å². The van der Waals surface area contributed by atoms with Gasteiger partial charge in [0.05, 0.1) is 12.7 Å². The van der Waals surface area contributed by atoms with Crippen LogP contribution in [0.3, 0.4) is 0 Å². The molecule has 0 amide bonds. The fourth-order valence-corrected chi connectivity index (χ4v) is 2.08. The number of alkyl halides is 1. The van der Waals surface area contributed by atoms with Crippen LogP contribution in [0.4, 0.5) is 0 Å². The third kappa shape index (κ3) is 1.79. The average molecular weight is 247 g/mol. The molecule has 1 aromatic heterocycles. The molecule has 0 aromatic carbocycles. The number of H-pyrrole nitrogens is 1. The predicted molar refractivity (Wildman–Crippen MR) is 56.5 cm³/mol. The van der Waals surface area contributed by atoms with Crippen molar-refractivity contribution in [3.8, 4) is 0 Å². The summed E-state index contributed by atoms with van der Waals surface area (Å²) < 4.78 is 6.57. The fraction of sp³-hybridized carbons (Fsp3) is 0.556. The highest BCUT2D eigenvalue weighted by Crippen LogP contribution is 2.36. The molecular weight excluding hydrogens is 236 g/mol. The fourth-order valence-electron chi connectivity index (χ4n) is 1.73. The number of hydrogen-bond donors (Lipinski definition) is 2. The van der Waals surface area contributed by atoms with E-state index in [-0.39, 0.29) is 24.5 Å². The van der Waals surface area contributed by atoms with Gasteiger partial charge < -0.3 is 9.84 Å². The number of aromatic nitrogens is 2. The third-order valence-electron chi connectivity index (χ3n) is 2.64. The summed E-state index contributed by atoms with van der Waals surface area (Å²) >= 11 is 5.73. The number of hydrogen-bond acceptors (Lipinski definition) is 4. The Morgan fingerprint density at radius 2 is 2.31 bits per heavy atom. The molecule has 6 nitrogen and oxygen atoms in total. The van der Waals surface area contributed by atoms with Gasteiger partial charge in [-0.1, -0.05) is 0 Å². The molecular formula is C9H11ClN2O4. The number of aliphatic hydroxyl groups excluding tert-OH is 1. The van der Waals surface area contributed by atoms with Crippen molar-refractivity contribution in [3.63, 3.8) is 0 Å². The van der Waals surface area contributed by atoms with Crippen LogP contribution in [0.15, 0.2) is 21.9 Å². The van der Waals surface area contributed by atoms with E-state index in [0.717, 1.165) is 0 Å². The van der Waals surface area contributed by atoms with Crippen LogP contribution in [0.2, 0.25) is 0 Å². The largest absolute Gasteiger partial charge is 0.394 e. The van der Waals surface area contributed by atoms with Crippen molar-refractivity contribution in [1.29, 1.82) is 0 Å². The Morgan fingerprint density at radius 1 is 1.56 bits per heavy atom. The second-order valence-corrected chi connectivity index (χ2v) is 3.89. The Morgan fingerprint density at radius 3 is 2.88 bits per heavy atom. The van der Waals surface area contributed by atoms with Crippen molar-refractivity contribution in [2.75, 3.05) is 12.5 Å². The Bertz CT molecular complexity index is 483. The summed E-state index contributed by atoms with van der Waals surface area (Å²) in [5, 5.41) is 8.94. The minimum Gasteiger partial charge on any atom is -0.394 e. The van der Waals surface area contributed by atoms with Crippen molar-refractivity contribution < 1.29 is 9.84 Å². The number of nitrogens with one attached hydrogen (secondary N) is 1. The summed E-state index contributed by atoms with van der Waals surface area (Å²) in [6.45, 7) is -0.133. The van der Waals surface area contributed by atoms with Crippen LogP contribution in [0.25, 0.3) is 0 Å². The molecule has 0 saturated carbocycles. The van der Waals surface area contributed by atoms with E-state index < -0.39 is 17.5 Å². The summed E-state index contributed by atoms with van der Waals surface area (Å²) in [4.78, 5) is 24.5. The molecule has 1 aliphatic heterocycles. The number of ether oxygens (including phenoxy) is 1. The van der Waals surface area contributed by atoms with Gasteiger partial charge in [-0.15, -0.1) is 11.6 Å². The number of rotatable bonds is 3. The zero-order chi connectivity index (χ0) is 11.7. The average Bonchev–Trinajstić information content (AvgIpc) is 2.21. The molecule has 3 atom stereocenters. The van der Waals surface area contributed by atoms with Crippen LogP contribution in [-0.2, 0) is 4.74 Å². The van der Waals surface area contributed by atoms with E-state index in [1.54, 1.807) is 0 Å². The first-order valence-electron chi connectivity index (χ1n) is 4.81. The number of nitrogens with zero attached hydrogens (tertiary/aromatic N) is 1. The maximum absolute atomic E-state index is 11.5. The number of aliphatic hydroxyl groups is 1. The first-order chi connectivity index (χ1) is 7.67. The number of halogens is 1. The summed E-state index contributed by atoms with van der Waals surface area (Å²) in [5.74, 6) is 0.150. The van der Waals surface area contributed by atoms with Gasteiger partial charge in [-0.2, -0.15) is 0 Å². The summed E-state index contributed by atoms with van der Waals surface area (Å²) in [5.41, 5.74) is -0.995. The third-order valence-corrected chi connectivity index (χ3v) is 3.00. The monoisotopic (exact) mass is 246 g/mol. The lowest BCUT2D eigenvalue weighted by molar-refractivity contribution is -0.228. The SMILES string of the molecule is O=c1ccn([C@@H]2O[C@H](CO)[C@H]2CCl)c(=O)[nH]1. The predicted octanol–water partition coefficient (Wildman–Crippen LogP) is -0.719. The summed E-state index contributed by atoms with van der Waals surface area (Å²) in [7, 11) is 0. The number of aromatic amines is 1. The molecule has 1 aromatic rings.